The van der Waals surface area contributed by atoms with Crippen molar-refractivity contribution in [2.24, 2.45) is 0 Å². The molecule has 0 bridgehead atoms. The van der Waals surface area contributed by atoms with Crippen molar-refractivity contribution >= 4 is 11.9 Å². The third-order valence-corrected chi connectivity index (χ3v) is 7.92. The molecule has 0 aliphatic heterocycles. The monoisotopic (exact) mass is 619 g/mol. The van der Waals surface area contributed by atoms with Crippen molar-refractivity contribution < 1.29 is 24.2 Å². The number of carbonyl (C=O) groups is 2. The zero-order chi connectivity index (χ0) is 32.2. The number of ether oxygens (including phenoxy) is 2. The standard InChI is InChI=1S/C39H70O5/c1-3-5-7-9-11-13-15-17-18-19-20-22-24-26-28-30-32-34-39(42)44-37(35-40)36-43-38(41)33-31-29-27-25-23-21-16-14-12-10-8-6-4-2/h17-18,21,23,27,29,37,40H,3-16,19-20,22,24-26,28,30-36H2,1-2H3/b18-17+,23-21+,29-27+. The minimum atomic E-state index is -0.793. The predicted molar refractivity (Wildman–Crippen MR) is 187 cm³/mol. The number of aliphatic hydroxyl groups excluding tert-OH is 1. The summed E-state index contributed by atoms with van der Waals surface area (Å²) in [6.45, 7) is 4.06. The average Bonchev–Trinajstić information content (AvgIpc) is 3.02. The van der Waals surface area contributed by atoms with Crippen molar-refractivity contribution in [1.82, 2.24) is 0 Å². The Kier molecular flexibility index (Phi) is 34.1. The van der Waals surface area contributed by atoms with E-state index in [1.54, 1.807) is 0 Å². The van der Waals surface area contributed by atoms with Gasteiger partial charge in [-0.3, -0.25) is 9.59 Å². The van der Waals surface area contributed by atoms with Crippen LogP contribution in [0.5, 0.6) is 0 Å². The summed E-state index contributed by atoms with van der Waals surface area (Å²) >= 11 is 0. The summed E-state index contributed by atoms with van der Waals surface area (Å²) in [6.07, 6.45) is 42.1. The van der Waals surface area contributed by atoms with Crippen LogP contribution in [0.15, 0.2) is 36.5 Å². The van der Waals surface area contributed by atoms with Gasteiger partial charge < -0.3 is 14.6 Å². The summed E-state index contributed by atoms with van der Waals surface area (Å²) in [5, 5.41) is 9.52. The maximum absolute atomic E-state index is 12.1. The zero-order valence-corrected chi connectivity index (χ0v) is 28.9. The molecule has 1 N–H and O–H groups in total. The minimum absolute atomic E-state index is 0.0970. The predicted octanol–water partition coefficient (Wildman–Crippen LogP) is 11.3. The molecule has 5 nitrogen and oxygen atoms in total. The van der Waals surface area contributed by atoms with Gasteiger partial charge >= 0.3 is 11.9 Å². The molecule has 0 aromatic rings. The van der Waals surface area contributed by atoms with Gasteiger partial charge in [0.1, 0.15) is 6.61 Å². The molecule has 0 heterocycles. The van der Waals surface area contributed by atoms with Crippen LogP contribution in [-0.4, -0.2) is 36.4 Å². The molecule has 0 rings (SSSR count). The molecule has 0 spiro atoms. The first-order valence-corrected chi connectivity index (χ1v) is 18.5. The van der Waals surface area contributed by atoms with E-state index in [2.05, 4.69) is 44.2 Å². The number of carbonyl (C=O) groups excluding carboxylic acids is 2. The number of allylic oxidation sites excluding steroid dienone is 6. The number of hydrogen-bond donors (Lipinski definition) is 1. The Bertz CT molecular complexity index is 711. The SMILES string of the molecule is CCCCCCCC/C=C/C/C=C/CCC(=O)OCC(CO)OC(=O)CCCCCCCCC/C=C/CCCCCCCC. The van der Waals surface area contributed by atoms with Crippen LogP contribution < -0.4 is 0 Å². The summed E-state index contributed by atoms with van der Waals surface area (Å²) in [5.74, 6) is -0.674. The Labute approximate surface area is 272 Å². The quantitative estimate of drug-likeness (QED) is 0.0450. The van der Waals surface area contributed by atoms with E-state index in [1.165, 1.54) is 116 Å². The smallest absolute Gasteiger partial charge is 0.306 e. The van der Waals surface area contributed by atoms with E-state index >= 15 is 0 Å². The second kappa shape index (κ2) is 35.6. The van der Waals surface area contributed by atoms with Crippen LogP contribution in [0.2, 0.25) is 0 Å². The van der Waals surface area contributed by atoms with E-state index < -0.39 is 6.10 Å². The Morgan fingerprint density at radius 1 is 0.523 bits per heavy atom. The van der Waals surface area contributed by atoms with Crippen molar-refractivity contribution in [3.63, 3.8) is 0 Å². The van der Waals surface area contributed by atoms with Gasteiger partial charge in [-0.2, -0.15) is 0 Å². The fourth-order valence-corrected chi connectivity index (χ4v) is 5.07. The van der Waals surface area contributed by atoms with Crippen LogP contribution in [0, 0.1) is 0 Å². The minimum Gasteiger partial charge on any atom is -0.462 e. The van der Waals surface area contributed by atoms with Crippen LogP contribution in [0.25, 0.3) is 0 Å². The highest BCUT2D eigenvalue weighted by atomic mass is 16.6. The second-order valence-electron chi connectivity index (χ2n) is 12.3. The van der Waals surface area contributed by atoms with E-state index in [9.17, 15) is 14.7 Å². The highest BCUT2D eigenvalue weighted by molar-refractivity contribution is 5.70. The van der Waals surface area contributed by atoms with Gasteiger partial charge in [0, 0.05) is 12.8 Å². The molecule has 1 unspecified atom stereocenters. The lowest BCUT2D eigenvalue weighted by atomic mass is 10.1. The maximum atomic E-state index is 12.1. The third-order valence-electron chi connectivity index (χ3n) is 7.92. The molecule has 0 aliphatic carbocycles. The zero-order valence-electron chi connectivity index (χ0n) is 28.9. The molecule has 0 aromatic carbocycles. The van der Waals surface area contributed by atoms with Crippen LogP contribution in [0.1, 0.15) is 181 Å². The molecular weight excluding hydrogens is 548 g/mol. The Morgan fingerprint density at radius 2 is 0.955 bits per heavy atom. The topological polar surface area (TPSA) is 72.8 Å². The number of unbranched alkanes of at least 4 members (excludes halogenated alkanes) is 19. The maximum Gasteiger partial charge on any atom is 0.306 e. The largest absolute Gasteiger partial charge is 0.462 e. The molecular formula is C39H70O5. The Balaban J connectivity index is 3.63. The Hall–Kier alpha value is -1.88. The van der Waals surface area contributed by atoms with Crippen LogP contribution in [0.3, 0.4) is 0 Å². The first kappa shape index (κ1) is 42.1. The van der Waals surface area contributed by atoms with Crippen LogP contribution in [-0.2, 0) is 19.1 Å². The molecule has 5 heteroatoms. The summed E-state index contributed by atoms with van der Waals surface area (Å²) in [4.78, 5) is 24.1. The lowest BCUT2D eigenvalue weighted by Gasteiger charge is -2.15. The highest BCUT2D eigenvalue weighted by Gasteiger charge is 2.15. The summed E-state index contributed by atoms with van der Waals surface area (Å²) in [6, 6.07) is 0. The van der Waals surface area contributed by atoms with Crippen LogP contribution in [0.4, 0.5) is 0 Å². The fraction of sp³-hybridized carbons (Fsp3) is 0.795. The number of aliphatic hydroxyl groups is 1. The molecule has 1 atom stereocenters. The summed E-state index contributed by atoms with van der Waals surface area (Å²) in [7, 11) is 0. The molecule has 0 amide bonds. The van der Waals surface area contributed by atoms with Crippen molar-refractivity contribution in [3.05, 3.63) is 36.5 Å². The Morgan fingerprint density at radius 3 is 1.45 bits per heavy atom. The van der Waals surface area contributed by atoms with E-state index in [4.69, 9.17) is 9.47 Å². The number of esters is 2. The fourth-order valence-electron chi connectivity index (χ4n) is 5.07. The molecule has 0 fully saturated rings. The lowest BCUT2D eigenvalue weighted by molar-refractivity contribution is -0.161. The van der Waals surface area contributed by atoms with Crippen molar-refractivity contribution in [2.45, 2.75) is 187 Å². The molecule has 0 saturated carbocycles. The van der Waals surface area contributed by atoms with Gasteiger partial charge in [-0.1, -0.05) is 147 Å². The lowest BCUT2D eigenvalue weighted by Crippen LogP contribution is -2.28. The van der Waals surface area contributed by atoms with Gasteiger partial charge in [-0.25, -0.2) is 0 Å². The van der Waals surface area contributed by atoms with E-state index in [0.29, 0.717) is 12.8 Å². The normalized spacial score (nSPS) is 12.5. The van der Waals surface area contributed by atoms with E-state index in [0.717, 1.165) is 32.1 Å². The molecule has 0 aromatic heterocycles. The van der Waals surface area contributed by atoms with Gasteiger partial charge in [0.2, 0.25) is 0 Å². The molecule has 256 valence electrons. The molecule has 0 saturated heterocycles. The van der Waals surface area contributed by atoms with Gasteiger partial charge in [-0.15, -0.1) is 0 Å². The van der Waals surface area contributed by atoms with E-state index in [-0.39, 0.29) is 31.6 Å². The first-order chi connectivity index (χ1) is 21.6. The second-order valence-corrected chi connectivity index (χ2v) is 12.3. The summed E-state index contributed by atoms with van der Waals surface area (Å²) < 4.78 is 10.5. The van der Waals surface area contributed by atoms with Gasteiger partial charge in [0.15, 0.2) is 6.10 Å². The van der Waals surface area contributed by atoms with Gasteiger partial charge in [-0.05, 0) is 57.8 Å². The molecule has 0 radical (unpaired) electrons. The van der Waals surface area contributed by atoms with Gasteiger partial charge in [0.25, 0.3) is 0 Å². The number of hydrogen-bond acceptors (Lipinski definition) is 5. The van der Waals surface area contributed by atoms with Crippen molar-refractivity contribution in [2.75, 3.05) is 13.2 Å². The van der Waals surface area contributed by atoms with Crippen LogP contribution >= 0.6 is 0 Å². The third kappa shape index (κ3) is 33.0. The summed E-state index contributed by atoms with van der Waals surface area (Å²) in [5.41, 5.74) is 0. The van der Waals surface area contributed by atoms with Crippen molar-refractivity contribution in [1.29, 1.82) is 0 Å². The molecule has 44 heavy (non-hydrogen) atoms. The average molecular weight is 619 g/mol. The van der Waals surface area contributed by atoms with E-state index in [1.807, 2.05) is 6.08 Å². The highest BCUT2D eigenvalue weighted by Crippen LogP contribution is 2.12. The first-order valence-electron chi connectivity index (χ1n) is 18.5. The van der Waals surface area contributed by atoms with Crippen molar-refractivity contribution in [3.8, 4) is 0 Å². The number of rotatable bonds is 33. The van der Waals surface area contributed by atoms with Gasteiger partial charge in [0.05, 0.1) is 6.61 Å². The molecule has 0 aliphatic rings.